The predicted molar refractivity (Wildman–Crippen MR) is 340 cm³/mol. The minimum absolute atomic E-state index is 1.17. The SMILES string of the molecule is C/C=C/C.C/C=C\C.C=C(C)C.CC.CC.CC.CC#CC.CCC.CCC.CNC.COC.CSC.Cc1c2ccccc2cc2ccccc12.Cc1cccc2ccccc12.Cc1ccccc1. The number of thioether (sulfide) groups is 1. The molecule has 6 rings (SSSR count). The van der Waals surface area contributed by atoms with E-state index in [9.17, 15) is 0 Å². The zero-order valence-corrected chi connectivity index (χ0v) is 51.7. The van der Waals surface area contributed by atoms with E-state index in [0.717, 1.165) is 0 Å². The lowest BCUT2D eigenvalue weighted by molar-refractivity contribution is 0.277. The van der Waals surface area contributed by atoms with Crippen molar-refractivity contribution in [3.8, 4) is 11.8 Å². The van der Waals surface area contributed by atoms with Crippen LogP contribution in [0.1, 0.15) is 154 Å². The molecule has 0 saturated carbocycles. The molecular formula is C67H113NOS. The van der Waals surface area contributed by atoms with Crippen molar-refractivity contribution in [3.63, 3.8) is 0 Å². The normalized spacial score (nSPS) is 8.04. The van der Waals surface area contributed by atoms with Gasteiger partial charge in [-0.2, -0.15) is 11.8 Å². The van der Waals surface area contributed by atoms with Crippen molar-refractivity contribution in [1.29, 1.82) is 0 Å². The van der Waals surface area contributed by atoms with Gasteiger partial charge in [-0.05, 0) is 152 Å². The van der Waals surface area contributed by atoms with E-state index >= 15 is 0 Å². The molecule has 70 heavy (non-hydrogen) atoms. The van der Waals surface area contributed by atoms with Gasteiger partial charge < -0.3 is 10.1 Å². The molecule has 0 radical (unpaired) electrons. The minimum atomic E-state index is 1.17. The Labute approximate surface area is 443 Å². The van der Waals surface area contributed by atoms with E-state index in [1.165, 1.54) is 67.4 Å². The van der Waals surface area contributed by atoms with Crippen LogP contribution in [0.2, 0.25) is 0 Å². The van der Waals surface area contributed by atoms with Gasteiger partial charge in [0.2, 0.25) is 0 Å². The number of nitrogens with one attached hydrogen (secondary N) is 1. The lowest BCUT2D eigenvalue weighted by atomic mass is 9.98. The lowest BCUT2D eigenvalue weighted by Gasteiger charge is -2.06. The van der Waals surface area contributed by atoms with Crippen LogP contribution >= 0.6 is 11.8 Å². The van der Waals surface area contributed by atoms with E-state index in [2.05, 4.69) is 186 Å². The van der Waals surface area contributed by atoms with Crippen LogP contribution in [-0.2, 0) is 4.74 Å². The Bertz CT molecular complexity index is 1880. The van der Waals surface area contributed by atoms with Gasteiger partial charge in [-0.25, -0.2) is 0 Å². The number of methoxy groups -OCH3 is 1. The molecule has 0 atom stereocenters. The highest BCUT2D eigenvalue weighted by atomic mass is 32.2. The fourth-order valence-corrected chi connectivity index (χ4v) is 4.16. The van der Waals surface area contributed by atoms with E-state index in [1.54, 1.807) is 26.0 Å². The minimum Gasteiger partial charge on any atom is -0.388 e. The summed E-state index contributed by atoms with van der Waals surface area (Å²) in [5, 5.41) is 10.8. The van der Waals surface area contributed by atoms with Crippen LogP contribution in [0.3, 0.4) is 0 Å². The maximum absolute atomic E-state index is 4.25. The molecule has 0 heterocycles. The van der Waals surface area contributed by atoms with E-state index in [0.29, 0.717) is 0 Å². The van der Waals surface area contributed by atoms with Crippen molar-refractivity contribution in [2.75, 3.05) is 40.8 Å². The van der Waals surface area contributed by atoms with Crippen LogP contribution in [-0.4, -0.2) is 40.8 Å². The van der Waals surface area contributed by atoms with Gasteiger partial charge in [-0.3, -0.25) is 0 Å². The first-order valence-corrected chi connectivity index (χ1v) is 27.1. The number of fused-ring (bicyclic) bond motifs is 3. The third-order valence-corrected chi connectivity index (χ3v) is 6.91. The third-order valence-electron chi connectivity index (χ3n) is 6.91. The van der Waals surface area contributed by atoms with Crippen molar-refractivity contribution in [2.24, 2.45) is 0 Å². The summed E-state index contributed by atoms with van der Waals surface area (Å²) in [5.41, 5.74) is 5.22. The number of allylic oxidation sites excluding steroid dienone is 5. The van der Waals surface area contributed by atoms with Crippen LogP contribution in [0, 0.1) is 32.6 Å². The van der Waals surface area contributed by atoms with Crippen LogP contribution in [0.15, 0.2) is 164 Å². The van der Waals surface area contributed by atoms with Crippen molar-refractivity contribution >= 4 is 44.1 Å². The Hall–Kier alpha value is -4.85. The average molecular weight is 981 g/mol. The van der Waals surface area contributed by atoms with Crippen LogP contribution < -0.4 is 5.32 Å². The number of hydrogen-bond donors (Lipinski definition) is 1. The maximum atomic E-state index is 4.25. The van der Waals surface area contributed by atoms with Crippen LogP contribution in [0.4, 0.5) is 0 Å². The van der Waals surface area contributed by atoms with E-state index in [1.807, 2.05) is 166 Å². The molecule has 0 aliphatic heterocycles. The molecular weight excluding hydrogens is 867 g/mol. The number of rotatable bonds is 0. The van der Waals surface area contributed by atoms with Crippen molar-refractivity contribution in [3.05, 3.63) is 181 Å². The average Bonchev–Trinajstić information content (AvgIpc) is 3.38. The van der Waals surface area contributed by atoms with Crippen LogP contribution in [0.5, 0.6) is 0 Å². The Morgan fingerprint density at radius 3 is 1.00 bits per heavy atom. The molecule has 6 aromatic rings. The first-order chi connectivity index (χ1) is 33.7. The second kappa shape index (κ2) is 78.3. The topological polar surface area (TPSA) is 21.3 Å². The molecule has 0 spiro atoms. The van der Waals surface area contributed by atoms with Gasteiger partial charge in [0, 0.05) is 14.2 Å². The van der Waals surface area contributed by atoms with Crippen molar-refractivity contribution in [1.82, 2.24) is 5.32 Å². The second-order valence-corrected chi connectivity index (χ2v) is 15.0. The molecule has 0 aliphatic rings. The summed E-state index contributed by atoms with van der Waals surface area (Å²) in [7, 11) is 7.00. The van der Waals surface area contributed by atoms with Gasteiger partial charge in [0.1, 0.15) is 0 Å². The molecule has 6 aromatic carbocycles. The van der Waals surface area contributed by atoms with Gasteiger partial charge in [-0.15, -0.1) is 18.4 Å². The third kappa shape index (κ3) is 65.2. The second-order valence-electron chi connectivity index (χ2n) is 14.2. The molecule has 0 bridgehead atoms. The molecule has 0 aromatic heterocycles. The fraction of sp³-hybridized carbons (Fsp3) is 0.433. The maximum Gasteiger partial charge on any atom is 0.0351 e. The monoisotopic (exact) mass is 980 g/mol. The fourth-order valence-electron chi connectivity index (χ4n) is 4.16. The standard InChI is InChI=1S/C15H12.C11H10.C7H8.3C4H8.C4H6.2C3H8.C2H7N.C2H6O.C2H6S.3C2H6/c1-11-14-8-4-2-6-12(14)10-13-7-3-5-9-15(11)13;1-9-5-4-7-10-6-2-3-8-11(9)10;1-7-5-3-2-4-6-7;1-4(2)3;3*1-3-4-2;5*1-3-2;3*1-2/h2-10H,1H3;2-8H,1H3;2-6H,1H3;1H2,2-3H3;2*3-4H,1-2H3;1-2H3;2*3H2,1-2H3;3H,1-2H3;2*1-2H3;3*1-2H3/b;;;;4-3+;4-3-;;;;;;;;;. The molecule has 398 valence electrons. The smallest absolute Gasteiger partial charge is 0.0351 e. The highest BCUT2D eigenvalue weighted by Gasteiger charge is 2.01. The molecule has 0 saturated heterocycles. The molecule has 0 fully saturated rings. The Kier molecular flexibility index (Phi) is 95.2. The first kappa shape index (κ1) is 85.0. The van der Waals surface area contributed by atoms with Gasteiger partial charge in [0.15, 0.2) is 0 Å². The van der Waals surface area contributed by atoms with Gasteiger partial charge >= 0.3 is 0 Å². The number of aryl methyl sites for hydroxylation is 3. The molecule has 0 amide bonds. The Morgan fingerprint density at radius 1 is 0.514 bits per heavy atom. The summed E-state index contributed by atoms with van der Waals surface area (Å²) in [6.45, 7) is 46.1. The molecule has 2 nitrogen and oxygen atoms in total. The van der Waals surface area contributed by atoms with E-state index in [-0.39, 0.29) is 0 Å². The lowest BCUT2D eigenvalue weighted by Crippen LogP contribution is -1.89. The van der Waals surface area contributed by atoms with E-state index < -0.39 is 0 Å². The number of benzene rings is 6. The van der Waals surface area contributed by atoms with Crippen molar-refractivity contribution in [2.45, 2.75) is 158 Å². The molecule has 0 aliphatic carbocycles. The summed E-state index contributed by atoms with van der Waals surface area (Å²) in [6, 6.07) is 44.5. The zero-order valence-electron chi connectivity index (χ0n) is 50.9. The summed E-state index contributed by atoms with van der Waals surface area (Å²) in [5.74, 6) is 5.36. The number of ether oxygens (including phenoxy) is 1. The summed E-state index contributed by atoms with van der Waals surface area (Å²) in [4.78, 5) is 0. The highest BCUT2D eigenvalue weighted by molar-refractivity contribution is 7.97. The van der Waals surface area contributed by atoms with Crippen LogP contribution in [0.25, 0.3) is 32.3 Å². The summed E-state index contributed by atoms with van der Waals surface area (Å²) < 4.78 is 4.25. The number of hydrogen-bond acceptors (Lipinski definition) is 3. The largest absolute Gasteiger partial charge is 0.388 e. The Morgan fingerprint density at radius 2 is 0.757 bits per heavy atom. The highest BCUT2D eigenvalue weighted by Crippen LogP contribution is 2.27. The summed E-state index contributed by atoms with van der Waals surface area (Å²) >= 11 is 1.75. The zero-order chi connectivity index (χ0) is 56.4. The van der Waals surface area contributed by atoms with Gasteiger partial charge in [-0.1, -0.05) is 239 Å². The first-order valence-electron chi connectivity index (χ1n) is 25.5. The quantitative estimate of drug-likeness (QED) is 0.0931. The Balaban J connectivity index is -0.0000000870. The summed E-state index contributed by atoms with van der Waals surface area (Å²) in [6.07, 6.45) is 14.6. The molecule has 3 heteroatoms. The molecule has 1 N–H and O–H groups in total. The van der Waals surface area contributed by atoms with Gasteiger partial charge in [0.25, 0.3) is 0 Å². The predicted octanol–water partition coefficient (Wildman–Crippen LogP) is 22.2. The van der Waals surface area contributed by atoms with Gasteiger partial charge in [0.05, 0.1) is 0 Å². The molecule has 0 unspecified atom stereocenters. The van der Waals surface area contributed by atoms with E-state index in [4.69, 9.17) is 0 Å². The van der Waals surface area contributed by atoms with Crippen molar-refractivity contribution < 1.29 is 4.74 Å².